The molecule has 5 rings (SSSR count). The standard InChI is InChI=1S/C22H22N4OS/c1-12-9-14(13(2)26(12)16-7-8-16)10-15(11-23)20-24-21(27)19-17-5-3-4-6-18(17)28-22(19)25-20/h9-10,16H,3-8H2,1-2H3,(H,24,25,27). The third-order valence-electron chi connectivity index (χ3n) is 5.94. The number of nitrogens with zero attached hydrogens (tertiary/aromatic N) is 3. The topological polar surface area (TPSA) is 74.5 Å². The van der Waals surface area contributed by atoms with Crippen molar-refractivity contribution in [2.24, 2.45) is 0 Å². The van der Waals surface area contributed by atoms with E-state index in [9.17, 15) is 10.1 Å². The predicted molar refractivity (Wildman–Crippen MR) is 113 cm³/mol. The Labute approximate surface area is 167 Å². The molecule has 2 aliphatic carbocycles. The molecular formula is C22H22N4OS. The molecule has 0 atom stereocenters. The van der Waals surface area contributed by atoms with Crippen LogP contribution in [0.5, 0.6) is 0 Å². The SMILES string of the molecule is Cc1cc(C=C(C#N)c2nc3sc4c(c3c(=O)[nH]2)CCCC4)c(C)n1C1CC1. The van der Waals surface area contributed by atoms with Crippen LogP contribution in [0, 0.1) is 25.2 Å². The van der Waals surface area contributed by atoms with E-state index in [4.69, 9.17) is 0 Å². The summed E-state index contributed by atoms with van der Waals surface area (Å²) in [6.45, 7) is 4.20. The maximum atomic E-state index is 12.8. The number of hydrogen-bond acceptors (Lipinski definition) is 4. The average molecular weight is 391 g/mol. The zero-order chi connectivity index (χ0) is 19.4. The molecule has 0 aliphatic heterocycles. The molecule has 6 heteroatoms. The van der Waals surface area contributed by atoms with Crippen LogP contribution in [0.15, 0.2) is 10.9 Å². The number of hydrogen-bond donors (Lipinski definition) is 1. The Bertz CT molecular complexity index is 1230. The molecule has 142 valence electrons. The first-order valence-electron chi connectivity index (χ1n) is 9.92. The lowest BCUT2D eigenvalue weighted by Gasteiger charge is -2.09. The molecule has 28 heavy (non-hydrogen) atoms. The number of thiophene rings is 1. The Morgan fingerprint density at radius 2 is 2.14 bits per heavy atom. The monoisotopic (exact) mass is 390 g/mol. The molecule has 1 saturated carbocycles. The van der Waals surface area contributed by atoms with E-state index in [-0.39, 0.29) is 5.56 Å². The van der Waals surface area contributed by atoms with Crippen LogP contribution in [0.3, 0.4) is 0 Å². The number of allylic oxidation sites excluding steroid dienone is 1. The highest BCUT2D eigenvalue weighted by molar-refractivity contribution is 7.18. The summed E-state index contributed by atoms with van der Waals surface area (Å²) >= 11 is 1.61. The van der Waals surface area contributed by atoms with Gasteiger partial charge in [0, 0.05) is 22.3 Å². The average Bonchev–Trinajstić information content (AvgIpc) is 3.37. The van der Waals surface area contributed by atoms with Crippen molar-refractivity contribution in [3.05, 3.63) is 49.6 Å². The highest BCUT2D eigenvalue weighted by Gasteiger charge is 2.27. The Balaban J connectivity index is 1.62. The van der Waals surface area contributed by atoms with Crippen LogP contribution in [0.4, 0.5) is 0 Å². The first kappa shape index (κ1) is 17.4. The number of nitrogens with one attached hydrogen (secondary N) is 1. The van der Waals surface area contributed by atoms with Crippen LogP contribution in [-0.4, -0.2) is 14.5 Å². The van der Waals surface area contributed by atoms with Gasteiger partial charge >= 0.3 is 0 Å². The normalized spacial score (nSPS) is 17.0. The molecule has 3 heterocycles. The first-order valence-corrected chi connectivity index (χ1v) is 10.7. The molecule has 0 radical (unpaired) electrons. The molecule has 1 N–H and O–H groups in total. The molecule has 3 aromatic heterocycles. The van der Waals surface area contributed by atoms with Crippen molar-refractivity contribution < 1.29 is 0 Å². The second kappa shape index (κ2) is 6.46. The van der Waals surface area contributed by atoms with Crippen molar-refractivity contribution in [3.8, 4) is 6.07 Å². The van der Waals surface area contributed by atoms with Crippen molar-refractivity contribution in [1.29, 1.82) is 5.26 Å². The minimum atomic E-state index is -0.121. The number of H-pyrrole nitrogens is 1. The van der Waals surface area contributed by atoms with Crippen LogP contribution >= 0.6 is 11.3 Å². The van der Waals surface area contributed by atoms with Crippen LogP contribution in [0.2, 0.25) is 0 Å². The van der Waals surface area contributed by atoms with Crippen molar-refractivity contribution >= 4 is 33.2 Å². The quantitative estimate of drug-likeness (QED) is 0.660. The summed E-state index contributed by atoms with van der Waals surface area (Å²) in [5.74, 6) is 0.370. The Kier molecular flexibility index (Phi) is 4.02. The molecular weight excluding hydrogens is 368 g/mol. The number of aromatic nitrogens is 3. The van der Waals surface area contributed by atoms with E-state index in [0.717, 1.165) is 35.0 Å². The summed E-state index contributed by atoms with van der Waals surface area (Å²) in [4.78, 5) is 22.4. The van der Waals surface area contributed by atoms with Gasteiger partial charge in [0.05, 0.1) is 11.0 Å². The second-order valence-electron chi connectivity index (χ2n) is 7.90. The molecule has 0 unspecified atom stereocenters. The van der Waals surface area contributed by atoms with E-state index in [0.29, 0.717) is 17.4 Å². The summed E-state index contributed by atoms with van der Waals surface area (Å²) in [6, 6.07) is 4.96. The fourth-order valence-corrected chi connectivity index (χ4v) is 5.71. The van der Waals surface area contributed by atoms with E-state index in [1.807, 2.05) is 6.08 Å². The van der Waals surface area contributed by atoms with Crippen LogP contribution < -0.4 is 5.56 Å². The minimum absolute atomic E-state index is 0.121. The first-order chi connectivity index (χ1) is 13.6. The van der Waals surface area contributed by atoms with E-state index >= 15 is 0 Å². The molecule has 0 bridgehead atoms. The summed E-state index contributed by atoms with van der Waals surface area (Å²) in [5, 5.41) is 10.5. The van der Waals surface area contributed by atoms with Gasteiger partial charge in [0.2, 0.25) is 0 Å². The van der Waals surface area contributed by atoms with Gasteiger partial charge in [-0.3, -0.25) is 4.79 Å². The summed E-state index contributed by atoms with van der Waals surface area (Å²) < 4.78 is 2.35. The highest BCUT2D eigenvalue weighted by atomic mass is 32.1. The Morgan fingerprint density at radius 1 is 1.36 bits per heavy atom. The van der Waals surface area contributed by atoms with Gasteiger partial charge in [-0.25, -0.2) is 4.98 Å². The zero-order valence-electron chi connectivity index (χ0n) is 16.1. The summed E-state index contributed by atoms with van der Waals surface area (Å²) in [7, 11) is 0. The summed E-state index contributed by atoms with van der Waals surface area (Å²) in [6.07, 6.45) is 8.58. The molecule has 1 fully saturated rings. The van der Waals surface area contributed by atoms with Crippen molar-refractivity contribution in [2.45, 2.75) is 58.4 Å². The lowest BCUT2D eigenvalue weighted by Crippen LogP contribution is -2.12. The second-order valence-corrected chi connectivity index (χ2v) is 8.99. The fourth-order valence-electron chi connectivity index (χ4n) is 4.44. The molecule has 5 nitrogen and oxygen atoms in total. The van der Waals surface area contributed by atoms with Gasteiger partial charge in [0.1, 0.15) is 10.9 Å². The number of aryl methyl sites for hydroxylation is 3. The van der Waals surface area contributed by atoms with Crippen molar-refractivity contribution in [3.63, 3.8) is 0 Å². The van der Waals surface area contributed by atoms with Crippen LogP contribution in [-0.2, 0) is 12.8 Å². The van der Waals surface area contributed by atoms with Gasteiger partial charge in [-0.05, 0) is 75.6 Å². The third-order valence-corrected chi connectivity index (χ3v) is 7.12. The van der Waals surface area contributed by atoms with Crippen LogP contribution in [0.1, 0.15) is 64.9 Å². The fraction of sp³-hybridized carbons (Fsp3) is 0.409. The molecule has 2 aliphatic rings. The highest BCUT2D eigenvalue weighted by Crippen LogP contribution is 2.39. The molecule has 3 aromatic rings. The molecule has 0 saturated heterocycles. The van der Waals surface area contributed by atoms with Gasteiger partial charge < -0.3 is 9.55 Å². The van der Waals surface area contributed by atoms with Crippen molar-refractivity contribution in [2.75, 3.05) is 0 Å². The molecule has 0 amide bonds. The summed E-state index contributed by atoms with van der Waals surface area (Å²) in [5.41, 5.74) is 4.86. The zero-order valence-corrected chi connectivity index (χ0v) is 16.9. The van der Waals surface area contributed by atoms with E-state index in [1.54, 1.807) is 11.3 Å². The lowest BCUT2D eigenvalue weighted by atomic mass is 9.97. The molecule has 0 spiro atoms. The Hall–Kier alpha value is -2.65. The van der Waals surface area contributed by atoms with Gasteiger partial charge in [0.15, 0.2) is 5.82 Å². The number of rotatable bonds is 3. The minimum Gasteiger partial charge on any atom is -0.346 e. The van der Waals surface area contributed by atoms with Gasteiger partial charge in [-0.15, -0.1) is 11.3 Å². The Morgan fingerprint density at radius 3 is 2.89 bits per heavy atom. The van der Waals surface area contributed by atoms with Crippen molar-refractivity contribution in [1.82, 2.24) is 14.5 Å². The van der Waals surface area contributed by atoms with E-state index < -0.39 is 0 Å². The lowest BCUT2D eigenvalue weighted by molar-refractivity contribution is 0.699. The molecule has 0 aromatic carbocycles. The van der Waals surface area contributed by atoms with Gasteiger partial charge in [0.25, 0.3) is 5.56 Å². The third kappa shape index (κ3) is 2.73. The largest absolute Gasteiger partial charge is 0.346 e. The maximum absolute atomic E-state index is 12.8. The number of aromatic amines is 1. The predicted octanol–water partition coefficient (Wildman–Crippen LogP) is 4.68. The van der Waals surface area contributed by atoms with E-state index in [1.165, 1.54) is 41.1 Å². The van der Waals surface area contributed by atoms with Gasteiger partial charge in [-0.2, -0.15) is 5.26 Å². The number of fused-ring (bicyclic) bond motifs is 3. The maximum Gasteiger partial charge on any atom is 0.260 e. The van der Waals surface area contributed by atoms with E-state index in [2.05, 4.69) is 40.5 Å². The number of nitriles is 1. The van der Waals surface area contributed by atoms with Crippen LogP contribution in [0.25, 0.3) is 21.9 Å². The smallest absolute Gasteiger partial charge is 0.260 e. The van der Waals surface area contributed by atoms with Gasteiger partial charge in [-0.1, -0.05) is 0 Å².